The van der Waals surface area contributed by atoms with E-state index < -0.39 is 0 Å². The number of aromatic nitrogens is 1. The molecule has 1 heterocycles. The fraction of sp³-hybridized carbons (Fsp3) is 0.214. The summed E-state index contributed by atoms with van der Waals surface area (Å²) in [5.41, 5.74) is 2.83. The molecular weight excluding hydrogens is 234 g/mol. The number of pyridine rings is 1. The zero-order valence-electron chi connectivity index (χ0n) is 9.69. The second kappa shape index (κ2) is 5.19. The van der Waals surface area contributed by atoms with E-state index in [1.807, 2.05) is 30.3 Å². The first-order valence-corrected chi connectivity index (χ1v) is 6.03. The van der Waals surface area contributed by atoms with Gasteiger partial charge in [0.1, 0.15) is 0 Å². The molecule has 2 aromatic rings. The summed E-state index contributed by atoms with van der Waals surface area (Å²) in [6.07, 6.45) is 0.759. The van der Waals surface area contributed by atoms with Gasteiger partial charge in [-0.15, -0.1) is 11.6 Å². The first kappa shape index (κ1) is 11.9. The average molecular weight is 248 g/mol. The zero-order chi connectivity index (χ0) is 12.3. The SMILES string of the molecule is Cn1c(Cc2ccccc2)ccc(CCl)c1=O. The lowest BCUT2D eigenvalue weighted by molar-refractivity contribution is 0.782. The van der Waals surface area contributed by atoms with E-state index in [9.17, 15) is 4.79 Å². The Morgan fingerprint density at radius 1 is 1.12 bits per heavy atom. The number of halogens is 1. The lowest BCUT2D eigenvalue weighted by Crippen LogP contribution is -2.23. The largest absolute Gasteiger partial charge is 0.315 e. The molecule has 0 saturated carbocycles. The molecule has 3 heteroatoms. The third-order valence-electron chi connectivity index (χ3n) is 2.86. The Bertz CT molecular complexity index is 560. The molecule has 2 nitrogen and oxygen atoms in total. The molecule has 1 aromatic carbocycles. The molecule has 0 aliphatic heterocycles. The first-order chi connectivity index (χ1) is 8.22. The fourth-order valence-electron chi connectivity index (χ4n) is 1.81. The summed E-state index contributed by atoms with van der Waals surface area (Å²) in [6, 6.07) is 13.9. The topological polar surface area (TPSA) is 22.0 Å². The van der Waals surface area contributed by atoms with E-state index in [-0.39, 0.29) is 11.4 Å². The predicted molar refractivity (Wildman–Crippen MR) is 70.5 cm³/mol. The molecule has 0 fully saturated rings. The van der Waals surface area contributed by atoms with Gasteiger partial charge in [-0.3, -0.25) is 4.79 Å². The number of alkyl halides is 1. The maximum atomic E-state index is 11.9. The van der Waals surface area contributed by atoms with E-state index in [0.29, 0.717) is 5.56 Å². The molecule has 0 unspecified atom stereocenters. The van der Waals surface area contributed by atoms with Crippen LogP contribution in [0.3, 0.4) is 0 Å². The van der Waals surface area contributed by atoms with Crippen molar-refractivity contribution in [2.75, 3.05) is 0 Å². The summed E-state index contributed by atoms with van der Waals surface area (Å²) < 4.78 is 1.67. The molecule has 2 rings (SSSR count). The highest BCUT2D eigenvalue weighted by Gasteiger charge is 2.05. The molecule has 0 amide bonds. The fourth-order valence-corrected chi connectivity index (χ4v) is 2.01. The Morgan fingerprint density at radius 2 is 1.82 bits per heavy atom. The summed E-state index contributed by atoms with van der Waals surface area (Å²) in [5.74, 6) is 0.262. The van der Waals surface area contributed by atoms with Crippen molar-refractivity contribution in [3.8, 4) is 0 Å². The van der Waals surface area contributed by atoms with Crippen LogP contribution in [0.15, 0.2) is 47.3 Å². The molecule has 0 aliphatic carbocycles. The number of rotatable bonds is 3. The van der Waals surface area contributed by atoms with Gasteiger partial charge in [-0.1, -0.05) is 36.4 Å². The smallest absolute Gasteiger partial charge is 0.254 e. The van der Waals surface area contributed by atoms with E-state index in [1.165, 1.54) is 5.56 Å². The van der Waals surface area contributed by atoms with Gasteiger partial charge in [-0.05, 0) is 11.6 Å². The van der Waals surface area contributed by atoms with E-state index in [1.54, 1.807) is 11.6 Å². The summed E-state index contributed by atoms with van der Waals surface area (Å²) in [5, 5.41) is 0. The van der Waals surface area contributed by atoms with Crippen LogP contribution in [0, 0.1) is 0 Å². The number of benzene rings is 1. The summed E-state index contributed by atoms with van der Waals surface area (Å²) in [7, 11) is 1.79. The Hall–Kier alpha value is -1.54. The van der Waals surface area contributed by atoms with Gasteiger partial charge >= 0.3 is 0 Å². The molecule has 0 spiro atoms. The lowest BCUT2D eigenvalue weighted by Gasteiger charge is -2.09. The number of nitrogens with zero attached hydrogens (tertiary/aromatic N) is 1. The van der Waals surface area contributed by atoms with Crippen LogP contribution >= 0.6 is 11.6 Å². The molecule has 0 radical (unpaired) electrons. The number of hydrogen-bond donors (Lipinski definition) is 0. The molecule has 1 aromatic heterocycles. The molecular formula is C14H14ClNO. The maximum absolute atomic E-state index is 11.9. The van der Waals surface area contributed by atoms with Crippen LogP contribution in [-0.2, 0) is 19.3 Å². The summed E-state index contributed by atoms with van der Waals surface area (Å²) in [4.78, 5) is 11.9. The Balaban J connectivity index is 2.35. The maximum Gasteiger partial charge on any atom is 0.254 e. The highest BCUT2D eigenvalue weighted by atomic mass is 35.5. The van der Waals surface area contributed by atoms with E-state index in [2.05, 4.69) is 12.1 Å². The minimum absolute atomic E-state index is 0.00608. The lowest BCUT2D eigenvalue weighted by atomic mass is 10.1. The molecule has 0 atom stereocenters. The quantitative estimate of drug-likeness (QED) is 0.765. The van der Waals surface area contributed by atoms with Crippen LogP contribution in [0.2, 0.25) is 0 Å². The van der Waals surface area contributed by atoms with Crippen LogP contribution in [0.4, 0.5) is 0 Å². The van der Waals surface area contributed by atoms with Crippen molar-refractivity contribution in [1.82, 2.24) is 4.57 Å². The predicted octanol–water partition coefficient (Wildman–Crippen LogP) is 2.71. The minimum atomic E-state index is -0.00608. The standard InChI is InChI=1S/C14H14ClNO/c1-16-13(8-7-12(10-15)14(16)17)9-11-5-3-2-4-6-11/h2-8H,9-10H2,1H3. The van der Waals surface area contributed by atoms with Crippen molar-refractivity contribution in [1.29, 1.82) is 0 Å². The second-order valence-electron chi connectivity index (χ2n) is 4.01. The molecule has 0 bridgehead atoms. The van der Waals surface area contributed by atoms with Crippen LogP contribution in [0.25, 0.3) is 0 Å². The van der Waals surface area contributed by atoms with Gasteiger partial charge in [0, 0.05) is 24.7 Å². The van der Waals surface area contributed by atoms with Crippen molar-refractivity contribution in [3.05, 3.63) is 69.6 Å². The summed E-state index contributed by atoms with van der Waals surface area (Å²) in [6.45, 7) is 0. The van der Waals surface area contributed by atoms with Crippen molar-refractivity contribution < 1.29 is 0 Å². The zero-order valence-corrected chi connectivity index (χ0v) is 10.4. The van der Waals surface area contributed by atoms with Crippen LogP contribution in [0.1, 0.15) is 16.8 Å². The van der Waals surface area contributed by atoms with E-state index in [4.69, 9.17) is 11.6 Å². The highest BCUT2D eigenvalue weighted by Crippen LogP contribution is 2.08. The monoisotopic (exact) mass is 247 g/mol. The Morgan fingerprint density at radius 3 is 2.47 bits per heavy atom. The molecule has 17 heavy (non-hydrogen) atoms. The van der Waals surface area contributed by atoms with Crippen molar-refractivity contribution >= 4 is 11.6 Å². The molecule has 88 valence electrons. The van der Waals surface area contributed by atoms with Crippen LogP contribution in [0.5, 0.6) is 0 Å². The Kier molecular flexibility index (Phi) is 3.64. The second-order valence-corrected chi connectivity index (χ2v) is 4.28. The van der Waals surface area contributed by atoms with Crippen molar-refractivity contribution in [3.63, 3.8) is 0 Å². The Labute approximate surface area is 105 Å². The van der Waals surface area contributed by atoms with Crippen molar-refractivity contribution in [2.24, 2.45) is 7.05 Å². The summed E-state index contributed by atoms with van der Waals surface area (Å²) >= 11 is 5.70. The van der Waals surface area contributed by atoms with Crippen molar-refractivity contribution in [2.45, 2.75) is 12.3 Å². The molecule has 0 N–H and O–H groups in total. The van der Waals surface area contributed by atoms with Crippen LogP contribution < -0.4 is 5.56 Å². The van der Waals surface area contributed by atoms with Gasteiger partial charge in [0.2, 0.25) is 0 Å². The first-order valence-electron chi connectivity index (χ1n) is 5.50. The highest BCUT2D eigenvalue weighted by molar-refractivity contribution is 6.17. The molecule has 0 saturated heterocycles. The molecule has 0 aliphatic rings. The van der Waals surface area contributed by atoms with Gasteiger partial charge in [-0.25, -0.2) is 0 Å². The minimum Gasteiger partial charge on any atom is -0.315 e. The third-order valence-corrected chi connectivity index (χ3v) is 3.15. The van der Waals surface area contributed by atoms with E-state index in [0.717, 1.165) is 12.1 Å². The van der Waals surface area contributed by atoms with Crippen LogP contribution in [-0.4, -0.2) is 4.57 Å². The van der Waals surface area contributed by atoms with E-state index >= 15 is 0 Å². The van der Waals surface area contributed by atoms with Gasteiger partial charge in [-0.2, -0.15) is 0 Å². The van der Waals surface area contributed by atoms with Gasteiger partial charge in [0.15, 0.2) is 0 Å². The van der Waals surface area contributed by atoms with Gasteiger partial charge < -0.3 is 4.57 Å². The number of hydrogen-bond acceptors (Lipinski definition) is 1. The normalized spacial score (nSPS) is 10.5. The average Bonchev–Trinajstić information content (AvgIpc) is 2.37. The third kappa shape index (κ3) is 2.59. The van der Waals surface area contributed by atoms with Gasteiger partial charge in [0.05, 0.1) is 5.88 Å². The van der Waals surface area contributed by atoms with Gasteiger partial charge in [0.25, 0.3) is 5.56 Å².